The van der Waals surface area contributed by atoms with Gasteiger partial charge >= 0.3 is 0 Å². The van der Waals surface area contributed by atoms with E-state index in [1.807, 2.05) is 0 Å². The predicted octanol–water partition coefficient (Wildman–Crippen LogP) is 0.893. The van der Waals surface area contributed by atoms with E-state index in [-0.39, 0.29) is 11.8 Å². The smallest absolute Gasteiger partial charge is 0.231 e. The molecule has 2 rings (SSSR count). The standard InChI is InChI=1S/C9H10ClN3O/c10-7-2-1-3-8(12-7)13-9(14)6-4-11-5-6/h1-3,6,11H,4-5H2,(H,12,13,14). The Morgan fingerprint density at radius 3 is 2.93 bits per heavy atom. The second-order valence-corrected chi connectivity index (χ2v) is 3.58. The van der Waals surface area contributed by atoms with Gasteiger partial charge in [-0.3, -0.25) is 4.79 Å². The Morgan fingerprint density at radius 1 is 1.57 bits per heavy atom. The molecule has 2 N–H and O–H groups in total. The van der Waals surface area contributed by atoms with E-state index in [1.165, 1.54) is 0 Å². The highest BCUT2D eigenvalue weighted by atomic mass is 35.5. The van der Waals surface area contributed by atoms with Crippen LogP contribution in [-0.4, -0.2) is 24.0 Å². The van der Waals surface area contributed by atoms with Crippen molar-refractivity contribution in [2.45, 2.75) is 0 Å². The maximum Gasteiger partial charge on any atom is 0.231 e. The Hall–Kier alpha value is -1.13. The molecule has 1 aromatic rings. The zero-order valence-electron chi connectivity index (χ0n) is 7.46. The van der Waals surface area contributed by atoms with Crippen molar-refractivity contribution in [2.24, 2.45) is 5.92 Å². The van der Waals surface area contributed by atoms with Gasteiger partial charge < -0.3 is 10.6 Å². The van der Waals surface area contributed by atoms with Gasteiger partial charge in [0.2, 0.25) is 5.91 Å². The summed E-state index contributed by atoms with van der Waals surface area (Å²) in [7, 11) is 0. The maximum atomic E-state index is 11.5. The lowest BCUT2D eigenvalue weighted by atomic mass is 10.0. The Balaban J connectivity index is 1.99. The molecule has 0 bridgehead atoms. The minimum absolute atomic E-state index is 0.00137. The van der Waals surface area contributed by atoms with Crippen LogP contribution in [-0.2, 0) is 4.79 Å². The van der Waals surface area contributed by atoms with Crippen LogP contribution in [0.25, 0.3) is 0 Å². The van der Waals surface area contributed by atoms with E-state index < -0.39 is 0 Å². The highest BCUT2D eigenvalue weighted by molar-refractivity contribution is 6.29. The Labute approximate surface area is 86.7 Å². The first-order valence-corrected chi connectivity index (χ1v) is 4.77. The number of rotatable bonds is 2. The molecule has 1 fully saturated rings. The number of nitrogens with one attached hydrogen (secondary N) is 2. The molecule has 74 valence electrons. The lowest BCUT2D eigenvalue weighted by molar-refractivity contribution is -0.121. The van der Waals surface area contributed by atoms with Crippen molar-refractivity contribution < 1.29 is 4.79 Å². The molecular formula is C9H10ClN3O. The quantitative estimate of drug-likeness (QED) is 0.715. The highest BCUT2D eigenvalue weighted by Crippen LogP contribution is 2.11. The number of hydrogen-bond acceptors (Lipinski definition) is 3. The van der Waals surface area contributed by atoms with Crippen LogP contribution in [0.3, 0.4) is 0 Å². The summed E-state index contributed by atoms with van der Waals surface area (Å²) in [6, 6.07) is 5.14. The molecule has 0 saturated carbocycles. The van der Waals surface area contributed by atoms with E-state index in [4.69, 9.17) is 11.6 Å². The second kappa shape index (κ2) is 3.94. The van der Waals surface area contributed by atoms with Crippen LogP contribution in [0.2, 0.25) is 5.15 Å². The minimum atomic E-state index is -0.00137. The molecule has 1 aliphatic rings. The minimum Gasteiger partial charge on any atom is -0.315 e. The number of carbonyl (C=O) groups is 1. The number of carbonyl (C=O) groups excluding carboxylic acids is 1. The molecular weight excluding hydrogens is 202 g/mol. The van der Waals surface area contributed by atoms with Crippen molar-refractivity contribution in [3.8, 4) is 0 Å². The molecule has 1 saturated heterocycles. The summed E-state index contributed by atoms with van der Waals surface area (Å²) in [6.07, 6.45) is 0. The Morgan fingerprint density at radius 2 is 2.36 bits per heavy atom. The van der Waals surface area contributed by atoms with Gasteiger partial charge in [-0.15, -0.1) is 0 Å². The lowest BCUT2D eigenvalue weighted by Gasteiger charge is -2.25. The first kappa shape index (κ1) is 9.43. The maximum absolute atomic E-state index is 11.5. The molecule has 5 heteroatoms. The van der Waals surface area contributed by atoms with Gasteiger partial charge in [-0.05, 0) is 12.1 Å². The van der Waals surface area contributed by atoms with Gasteiger partial charge in [0.1, 0.15) is 11.0 Å². The third kappa shape index (κ3) is 2.02. The number of nitrogens with zero attached hydrogens (tertiary/aromatic N) is 1. The number of aromatic nitrogens is 1. The van der Waals surface area contributed by atoms with Gasteiger partial charge in [0, 0.05) is 13.1 Å². The van der Waals surface area contributed by atoms with E-state index in [1.54, 1.807) is 18.2 Å². The monoisotopic (exact) mass is 211 g/mol. The molecule has 2 heterocycles. The molecule has 0 unspecified atom stereocenters. The van der Waals surface area contributed by atoms with Crippen LogP contribution in [0.5, 0.6) is 0 Å². The van der Waals surface area contributed by atoms with Crippen molar-refractivity contribution in [3.63, 3.8) is 0 Å². The largest absolute Gasteiger partial charge is 0.315 e. The van der Waals surface area contributed by atoms with E-state index in [9.17, 15) is 4.79 Å². The van der Waals surface area contributed by atoms with Gasteiger partial charge in [0.15, 0.2) is 0 Å². The van der Waals surface area contributed by atoms with Crippen molar-refractivity contribution in [1.82, 2.24) is 10.3 Å². The van der Waals surface area contributed by atoms with Crippen LogP contribution in [0.4, 0.5) is 5.82 Å². The van der Waals surface area contributed by atoms with Crippen molar-refractivity contribution in [2.75, 3.05) is 18.4 Å². The third-order valence-electron chi connectivity index (χ3n) is 2.12. The lowest BCUT2D eigenvalue weighted by Crippen LogP contribution is -2.48. The van der Waals surface area contributed by atoms with E-state index in [2.05, 4.69) is 15.6 Å². The second-order valence-electron chi connectivity index (χ2n) is 3.19. The zero-order chi connectivity index (χ0) is 9.97. The van der Waals surface area contributed by atoms with Gasteiger partial charge in [0.25, 0.3) is 0 Å². The first-order valence-electron chi connectivity index (χ1n) is 4.40. The molecule has 1 aromatic heterocycles. The topological polar surface area (TPSA) is 54.0 Å². The highest BCUT2D eigenvalue weighted by Gasteiger charge is 2.24. The first-order chi connectivity index (χ1) is 6.75. The van der Waals surface area contributed by atoms with Crippen molar-refractivity contribution >= 4 is 23.3 Å². The van der Waals surface area contributed by atoms with Crippen molar-refractivity contribution in [3.05, 3.63) is 23.4 Å². The Kier molecular flexibility index (Phi) is 2.65. The van der Waals surface area contributed by atoms with E-state index in [0.717, 1.165) is 13.1 Å². The molecule has 0 spiro atoms. The summed E-state index contributed by atoms with van der Waals surface area (Å²) >= 11 is 5.68. The number of pyridine rings is 1. The van der Waals surface area contributed by atoms with Crippen LogP contribution < -0.4 is 10.6 Å². The fraction of sp³-hybridized carbons (Fsp3) is 0.333. The normalized spacial score (nSPS) is 16.1. The van der Waals surface area contributed by atoms with Crippen LogP contribution in [0.1, 0.15) is 0 Å². The molecule has 0 radical (unpaired) electrons. The number of amides is 1. The molecule has 14 heavy (non-hydrogen) atoms. The summed E-state index contributed by atoms with van der Waals surface area (Å²) in [6.45, 7) is 1.48. The van der Waals surface area contributed by atoms with Crippen LogP contribution >= 0.6 is 11.6 Å². The molecule has 1 aliphatic heterocycles. The average Bonchev–Trinajstić information content (AvgIpc) is 1.99. The molecule has 4 nitrogen and oxygen atoms in total. The van der Waals surface area contributed by atoms with Crippen LogP contribution in [0.15, 0.2) is 18.2 Å². The van der Waals surface area contributed by atoms with Gasteiger partial charge in [0.05, 0.1) is 5.92 Å². The SMILES string of the molecule is O=C(Nc1cccc(Cl)n1)C1CNC1. The summed E-state index contributed by atoms with van der Waals surface area (Å²) in [5.74, 6) is 0.573. The van der Waals surface area contributed by atoms with Crippen molar-refractivity contribution in [1.29, 1.82) is 0 Å². The number of halogens is 1. The number of hydrogen-bond donors (Lipinski definition) is 2. The molecule has 1 amide bonds. The van der Waals surface area contributed by atoms with Gasteiger partial charge in [-0.25, -0.2) is 4.98 Å². The van der Waals surface area contributed by atoms with E-state index >= 15 is 0 Å². The summed E-state index contributed by atoms with van der Waals surface area (Å²) in [5.41, 5.74) is 0. The fourth-order valence-corrected chi connectivity index (χ4v) is 1.34. The number of anilines is 1. The molecule has 0 aliphatic carbocycles. The predicted molar refractivity (Wildman–Crippen MR) is 54.2 cm³/mol. The Bertz CT molecular complexity index is 352. The van der Waals surface area contributed by atoms with Gasteiger partial charge in [-0.2, -0.15) is 0 Å². The average molecular weight is 212 g/mol. The molecule has 0 atom stereocenters. The van der Waals surface area contributed by atoms with Gasteiger partial charge in [-0.1, -0.05) is 17.7 Å². The fourth-order valence-electron chi connectivity index (χ4n) is 1.18. The summed E-state index contributed by atoms with van der Waals surface area (Å²) < 4.78 is 0. The third-order valence-corrected chi connectivity index (χ3v) is 2.33. The summed E-state index contributed by atoms with van der Waals surface area (Å²) in [4.78, 5) is 15.4. The van der Waals surface area contributed by atoms with E-state index in [0.29, 0.717) is 11.0 Å². The molecule has 0 aromatic carbocycles. The zero-order valence-corrected chi connectivity index (χ0v) is 8.21. The van der Waals surface area contributed by atoms with Crippen LogP contribution in [0, 0.1) is 5.92 Å². The summed E-state index contributed by atoms with van der Waals surface area (Å²) in [5, 5.41) is 6.13.